The Morgan fingerprint density at radius 1 is 1.38 bits per heavy atom. The third kappa shape index (κ3) is 5.96. The van der Waals surface area contributed by atoms with Crippen LogP contribution in [0.1, 0.15) is 29.7 Å². The van der Waals surface area contributed by atoms with Crippen molar-refractivity contribution in [3.63, 3.8) is 0 Å². The molecule has 0 aromatic carbocycles. The van der Waals surface area contributed by atoms with E-state index in [2.05, 4.69) is 4.72 Å². The fourth-order valence-corrected chi connectivity index (χ4v) is 2.04. The first-order valence-electron chi connectivity index (χ1n) is 6.27. The molecule has 0 unspecified atom stereocenters. The van der Waals surface area contributed by atoms with E-state index >= 15 is 0 Å². The monoisotopic (exact) mass is 318 g/mol. The van der Waals surface area contributed by atoms with Crippen LogP contribution in [-0.4, -0.2) is 49.6 Å². The molecule has 1 aromatic rings. The molecule has 0 radical (unpaired) electrons. The van der Waals surface area contributed by atoms with Crippen LogP contribution in [-0.2, 0) is 21.4 Å². The van der Waals surface area contributed by atoms with Crippen molar-refractivity contribution in [2.24, 2.45) is 0 Å². The third-order valence-corrected chi connectivity index (χ3v) is 3.16. The van der Waals surface area contributed by atoms with Crippen molar-refractivity contribution < 1.29 is 27.5 Å². The highest BCUT2D eigenvalue weighted by Crippen LogP contribution is 2.11. The van der Waals surface area contributed by atoms with Crippen molar-refractivity contribution in [1.29, 1.82) is 0 Å². The summed E-state index contributed by atoms with van der Waals surface area (Å²) < 4.78 is 29.4. The Hall–Kier alpha value is -1.87. The molecule has 1 aromatic heterocycles. The molecule has 0 saturated heterocycles. The lowest BCUT2D eigenvalue weighted by Gasteiger charge is -2.18. The Kier molecular flexibility index (Phi) is 5.91. The number of carbonyl (C=O) groups is 2. The van der Waals surface area contributed by atoms with Crippen LogP contribution in [0.3, 0.4) is 0 Å². The number of furan rings is 1. The van der Waals surface area contributed by atoms with Crippen molar-refractivity contribution in [3.05, 3.63) is 23.7 Å². The highest BCUT2D eigenvalue weighted by Gasteiger charge is 2.21. The van der Waals surface area contributed by atoms with Crippen molar-refractivity contribution in [2.75, 3.05) is 19.3 Å². The molecule has 0 atom stereocenters. The fraction of sp³-hybridized carbons (Fsp3) is 0.500. The fourth-order valence-electron chi connectivity index (χ4n) is 1.63. The second-order valence-electron chi connectivity index (χ2n) is 4.48. The zero-order valence-corrected chi connectivity index (χ0v) is 12.6. The number of nitrogens with one attached hydrogen (secondary N) is 1. The number of carbonyl (C=O) groups excluding carboxylic acids is 1. The molecular weight excluding hydrogens is 300 g/mol. The van der Waals surface area contributed by atoms with Gasteiger partial charge in [0.1, 0.15) is 12.3 Å². The van der Waals surface area contributed by atoms with Gasteiger partial charge in [0.25, 0.3) is 5.91 Å². The number of amides is 1. The van der Waals surface area contributed by atoms with E-state index in [0.29, 0.717) is 13.0 Å². The van der Waals surface area contributed by atoms with E-state index in [1.54, 1.807) is 0 Å². The molecule has 1 amide bonds. The van der Waals surface area contributed by atoms with Gasteiger partial charge in [0.15, 0.2) is 5.76 Å². The minimum atomic E-state index is -3.36. The van der Waals surface area contributed by atoms with Crippen molar-refractivity contribution in [2.45, 2.75) is 19.9 Å². The van der Waals surface area contributed by atoms with Crippen LogP contribution in [0.15, 0.2) is 16.5 Å². The molecule has 0 aliphatic carbocycles. The maximum absolute atomic E-state index is 12.1. The van der Waals surface area contributed by atoms with Gasteiger partial charge < -0.3 is 14.4 Å². The Morgan fingerprint density at radius 2 is 2.05 bits per heavy atom. The molecule has 2 N–H and O–H groups in total. The van der Waals surface area contributed by atoms with Gasteiger partial charge in [-0.2, -0.15) is 0 Å². The summed E-state index contributed by atoms with van der Waals surface area (Å²) in [5.74, 6) is -1.39. The summed E-state index contributed by atoms with van der Waals surface area (Å²) in [5, 5.41) is 8.78. The maximum Gasteiger partial charge on any atom is 0.323 e. The van der Waals surface area contributed by atoms with Gasteiger partial charge in [0, 0.05) is 6.54 Å². The molecule has 0 bridgehead atoms. The molecule has 0 aliphatic heterocycles. The first kappa shape index (κ1) is 17.2. The molecule has 21 heavy (non-hydrogen) atoms. The van der Waals surface area contributed by atoms with Crippen molar-refractivity contribution >= 4 is 21.9 Å². The number of nitrogens with zero attached hydrogens (tertiary/aromatic N) is 1. The summed E-state index contributed by atoms with van der Waals surface area (Å²) in [6.07, 6.45) is 1.63. The number of rotatable bonds is 8. The molecule has 0 fully saturated rings. The van der Waals surface area contributed by atoms with Gasteiger partial charge in [-0.1, -0.05) is 6.92 Å². The molecule has 1 heterocycles. The van der Waals surface area contributed by atoms with Crippen LogP contribution in [0.4, 0.5) is 0 Å². The topological polar surface area (TPSA) is 117 Å². The molecule has 0 aliphatic rings. The van der Waals surface area contributed by atoms with Crippen molar-refractivity contribution in [1.82, 2.24) is 9.62 Å². The summed E-state index contributed by atoms with van der Waals surface area (Å²) in [5.41, 5.74) is 0. The summed E-state index contributed by atoms with van der Waals surface area (Å²) in [6, 6.07) is 2.86. The van der Waals surface area contributed by atoms with Crippen LogP contribution >= 0.6 is 0 Å². The lowest BCUT2D eigenvalue weighted by Crippen LogP contribution is -2.36. The van der Waals surface area contributed by atoms with Crippen LogP contribution < -0.4 is 4.72 Å². The van der Waals surface area contributed by atoms with E-state index in [1.807, 2.05) is 6.92 Å². The average molecular weight is 318 g/mol. The normalized spacial score (nSPS) is 11.3. The number of hydrogen-bond acceptors (Lipinski definition) is 5. The molecule has 118 valence electrons. The number of hydrogen-bond donors (Lipinski definition) is 2. The maximum atomic E-state index is 12.1. The minimum absolute atomic E-state index is 0.0185. The lowest BCUT2D eigenvalue weighted by atomic mass is 10.3. The summed E-state index contributed by atoms with van der Waals surface area (Å²) in [7, 11) is -3.36. The van der Waals surface area contributed by atoms with Crippen LogP contribution in [0.25, 0.3) is 0 Å². The van der Waals surface area contributed by atoms with E-state index in [0.717, 1.165) is 11.2 Å². The number of sulfonamides is 1. The zero-order chi connectivity index (χ0) is 16.0. The summed E-state index contributed by atoms with van der Waals surface area (Å²) in [4.78, 5) is 24.0. The smallest absolute Gasteiger partial charge is 0.323 e. The Labute approximate surface area is 122 Å². The minimum Gasteiger partial charge on any atom is -0.480 e. The van der Waals surface area contributed by atoms with Crippen molar-refractivity contribution in [3.8, 4) is 0 Å². The van der Waals surface area contributed by atoms with Gasteiger partial charge >= 0.3 is 5.97 Å². The first-order valence-corrected chi connectivity index (χ1v) is 8.16. The second-order valence-corrected chi connectivity index (χ2v) is 6.31. The van der Waals surface area contributed by atoms with Gasteiger partial charge in [-0.25, -0.2) is 13.1 Å². The summed E-state index contributed by atoms with van der Waals surface area (Å²) >= 11 is 0. The molecule has 0 spiro atoms. The van der Waals surface area contributed by atoms with Gasteiger partial charge in [0.2, 0.25) is 10.0 Å². The Morgan fingerprint density at radius 3 is 2.57 bits per heavy atom. The predicted molar refractivity (Wildman–Crippen MR) is 74.2 cm³/mol. The largest absolute Gasteiger partial charge is 0.480 e. The number of aliphatic carboxylic acids is 1. The van der Waals surface area contributed by atoms with Gasteiger partial charge in [-0.15, -0.1) is 0 Å². The zero-order valence-electron chi connectivity index (χ0n) is 11.8. The molecule has 0 saturated carbocycles. The van der Waals surface area contributed by atoms with E-state index in [9.17, 15) is 18.0 Å². The third-order valence-electron chi connectivity index (χ3n) is 2.49. The molecule has 8 nitrogen and oxygen atoms in total. The lowest BCUT2D eigenvalue weighted by molar-refractivity contribution is -0.137. The van der Waals surface area contributed by atoms with Gasteiger partial charge in [0.05, 0.1) is 12.8 Å². The van der Waals surface area contributed by atoms with Crippen LogP contribution in [0.2, 0.25) is 0 Å². The highest BCUT2D eigenvalue weighted by atomic mass is 32.2. The van der Waals surface area contributed by atoms with E-state index in [1.165, 1.54) is 12.1 Å². The SMILES string of the molecule is CCCN(CC(=O)O)C(=O)c1ccc(CNS(C)(=O)=O)o1. The Balaban J connectivity index is 2.77. The van der Waals surface area contributed by atoms with Gasteiger partial charge in [-0.3, -0.25) is 9.59 Å². The average Bonchev–Trinajstić information content (AvgIpc) is 2.82. The standard InChI is InChI=1S/C12H18N2O6S/c1-3-6-14(8-11(15)16)12(17)10-5-4-9(20-10)7-13-21(2,18)19/h4-5,13H,3,6-8H2,1-2H3,(H,15,16). The quantitative estimate of drug-likeness (QED) is 0.710. The van der Waals surface area contributed by atoms with E-state index in [-0.39, 0.29) is 18.1 Å². The summed E-state index contributed by atoms with van der Waals surface area (Å²) in [6.45, 7) is 1.64. The predicted octanol–water partition coefficient (Wildman–Crippen LogP) is 0.266. The number of carboxylic acid groups (broad SMARTS) is 1. The highest BCUT2D eigenvalue weighted by molar-refractivity contribution is 7.88. The van der Waals surface area contributed by atoms with Crippen LogP contribution in [0.5, 0.6) is 0 Å². The number of carboxylic acids is 1. The molecule has 1 rings (SSSR count). The second kappa shape index (κ2) is 7.23. The first-order chi connectivity index (χ1) is 9.73. The Bertz CT molecular complexity index is 607. The van der Waals surface area contributed by atoms with E-state index in [4.69, 9.17) is 9.52 Å². The van der Waals surface area contributed by atoms with E-state index < -0.39 is 28.4 Å². The van der Waals surface area contributed by atoms with Gasteiger partial charge in [-0.05, 0) is 18.6 Å². The molecule has 9 heteroatoms. The molecular formula is C12H18N2O6S. The van der Waals surface area contributed by atoms with Crippen LogP contribution in [0, 0.1) is 0 Å².